The molecule has 2 aromatic rings. The van der Waals surface area contributed by atoms with Crippen molar-refractivity contribution in [1.82, 2.24) is 25.6 Å². The van der Waals surface area contributed by atoms with Gasteiger partial charge in [0.2, 0.25) is 27.7 Å². The maximum absolute atomic E-state index is 13.5. The molecule has 18 nitrogen and oxygen atoms in total. The van der Waals surface area contributed by atoms with Gasteiger partial charge in [0.1, 0.15) is 18.2 Å². The van der Waals surface area contributed by atoms with E-state index in [1.165, 1.54) is 0 Å². The number of hydrogen-bond acceptors (Lipinski definition) is 11. The Labute approximate surface area is 308 Å². The fourth-order valence-corrected chi connectivity index (χ4v) is 6.05. The zero-order chi connectivity index (χ0) is 39.4. The van der Waals surface area contributed by atoms with E-state index in [0.717, 1.165) is 34.1 Å². The van der Waals surface area contributed by atoms with Crippen LogP contribution in [0.15, 0.2) is 59.5 Å². The average Bonchev–Trinajstić information content (AvgIpc) is 3.08. The van der Waals surface area contributed by atoms with Crippen molar-refractivity contribution in [3.05, 3.63) is 70.3 Å². The van der Waals surface area contributed by atoms with Gasteiger partial charge in [-0.3, -0.25) is 24.5 Å². The molecule has 0 aliphatic carbocycles. The van der Waals surface area contributed by atoms with E-state index in [1.54, 1.807) is 20.8 Å². The Bertz CT molecular complexity index is 1630. The molecule has 0 spiro atoms. The average molecular weight is 764 g/mol. The molecular formula is C34H49N7O11S. The highest BCUT2D eigenvalue weighted by Crippen LogP contribution is 2.20. The number of carbonyl (C=O) groups excluding carboxylic acids is 5. The third-order valence-electron chi connectivity index (χ3n) is 7.21. The SMILES string of the molecule is CC(C)(C)OC(=O)N[C@@H](CC(N)=O)C(=O)NCCCCCNC(=O)CN(CCCCNC(=O)OCc1ccccc1)S(=O)(=O)c1ccc([N+](=O)[O-])cc1. The summed E-state index contributed by atoms with van der Waals surface area (Å²) < 4.78 is 38.2. The molecule has 5 amide bonds. The van der Waals surface area contributed by atoms with Crippen LogP contribution >= 0.6 is 0 Å². The highest BCUT2D eigenvalue weighted by Gasteiger charge is 2.28. The Kier molecular flexibility index (Phi) is 18.1. The molecule has 19 heteroatoms. The number of primary amides is 1. The van der Waals surface area contributed by atoms with Gasteiger partial charge in [-0.1, -0.05) is 30.3 Å². The van der Waals surface area contributed by atoms with Crippen molar-refractivity contribution in [3.63, 3.8) is 0 Å². The molecule has 0 saturated carbocycles. The summed E-state index contributed by atoms with van der Waals surface area (Å²) in [7, 11) is -4.23. The summed E-state index contributed by atoms with van der Waals surface area (Å²) in [6, 6.07) is 12.2. The zero-order valence-corrected chi connectivity index (χ0v) is 30.9. The van der Waals surface area contributed by atoms with Crippen LogP contribution in [0.25, 0.3) is 0 Å². The van der Waals surface area contributed by atoms with Crippen molar-refractivity contribution in [2.45, 2.75) is 82.4 Å². The molecule has 0 aromatic heterocycles. The number of alkyl carbamates (subject to hydrolysis) is 2. The van der Waals surface area contributed by atoms with Gasteiger partial charge in [0, 0.05) is 38.3 Å². The maximum atomic E-state index is 13.5. The fourth-order valence-electron chi connectivity index (χ4n) is 4.62. The molecule has 292 valence electrons. The van der Waals surface area contributed by atoms with Crippen molar-refractivity contribution >= 4 is 45.6 Å². The van der Waals surface area contributed by atoms with E-state index < -0.39 is 69.5 Å². The first-order valence-electron chi connectivity index (χ1n) is 17.0. The number of nitrogens with zero attached hydrogens (tertiary/aromatic N) is 2. The number of unbranched alkanes of at least 4 members (excludes halogenated alkanes) is 3. The van der Waals surface area contributed by atoms with Crippen LogP contribution in [0.5, 0.6) is 0 Å². The quantitative estimate of drug-likeness (QED) is 0.0661. The summed E-state index contributed by atoms with van der Waals surface area (Å²) in [6.07, 6.45) is 0.259. The number of nitro benzene ring substituents is 1. The van der Waals surface area contributed by atoms with E-state index in [1.807, 2.05) is 30.3 Å². The Morgan fingerprint density at radius 2 is 1.45 bits per heavy atom. The van der Waals surface area contributed by atoms with Crippen LogP contribution in [0.1, 0.15) is 64.9 Å². The zero-order valence-electron chi connectivity index (χ0n) is 30.1. The van der Waals surface area contributed by atoms with E-state index in [9.17, 15) is 42.5 Å². The molecule has 1 atom stereocenters. The summed E-state index contributed by atoms with van der Waals surface area (Å²) in [4.78, 5) is 71.1. The standard InChI is InChI=1S/C34H49N7O11S/c1-34(2,3)52-33(46)39-28(22-29(35)42)31(44)37-19-9-5-8-18-36-30(43)23-40(53(49,50)27-16-14-26(15-17-27)41(47)48)21-11-10-20-38-32(45)51-24-25-12-6-4-7-13-25/h4,6-7,12-17,28H,5,8-11,18-24H2,1-3H3,(H2,35,42)(H,36,43)(H,37,44)(H,38,45)(H,39,46)/t28-/m0/s1. The number of nitrogens with two attached hydrogens (primary N) is 1. The Morgan fingerprint density at radius 3 is 2.06 bits per heavy atom. The minimum atomic E-state index is -4.23. The number of nitro groups is 1. The Balaban J connectivity index is 1.84. The molecule has 2 aromatic carbocycles. The predicted molar refractivity (Wildman–Crippen MR) is 193 cm³/mol. The van der Waals surface area contributed by atoms with Gasteiger partial charge in [-0.15, -0.1) is 0 Å². The van der Waals surface area contributed by atoms with E-state index in [0.29, 0.717) is 25.7 Å². The van der Waals surface area contributed by atoms with Gasteiger partial charge in [0.25, 0.3) is 5.69 Å². The number of nitrogens with one attached hydrogen (secondary N) is 4. The van der Waals surface area contributed by atoms with Crippen molar-refractivity contribution in [2.75, 3.05) is 32.7 Å². The lowest BCUT2D eigenvalue weighted by Crippen LogP contribution is -2.50. The van der Waals surface area contributed by atoms with Crippen LogP contribution < -0.4 is 27.0 Å². The van der Waals surface area contributed by atoms with Gasteiger partial charge in [0.05, 0.1) is 22.8 Å². The number of hydrogen-bond donors (Lipinski definition) is 5. The van der Waals surface area contributed by atoms with Crippen LogP contribution in [-0.2, 0) is 40.5 Å². The number of carbonyl (C=O) groups is 5. The minimum Gasteiger partial charge on any atom is -0.445 e. The minimum absolute atomic E-state index is 0.0767. The van der Waals surface area contributed by atoms with E-state index >= 15 is 0 Å². The molecule has 0 aliphatic rings. The summed E-state index contributed by atoms with van der Waals surface area (Å²) in [6.45, 7) is 5.04. The fraction of sp³-hybridized carbons (Fsp3) is 0.500. The number of sulfonamides is 1. The highest BCUT2D eigenvalue weighted by molar-refractivity contribution is 7.89. The summed E-state index contributed by atoms with van der Waals surface area (Å²) >= 11 is 0. The summed E-state index contributed by atoms with van der Waals surface area (Å²) in [5, 5.41) is 21.3. The number of non-ortho nitro benzene ring substituents is 1. The van der Waals surface area contributed by atoms with Crippen LogP contribution in [0.3, 0.4) is 0 Å². The van der Waals surface area contributed by atoms with Gasteiger partial charge in [-0.05, 0) is 70.6 Å². The van der Waals surface area contributed by atoms with Crippen molar-refractivity contribution in [2.24, 2.45) is 5.73 Å². The molecule has 0 heterocycles. The molecule has 0 radical (unpaired) electrons. The highest BCUT2D eigenvalue weighted by atomic mass is 32.2. The molecule has 2 rings (SSSR count). The number of ether oxygens (including phenoxy) is 2. The lowest BCUT2D eigenvalue weighted by atomic mass is 10.1. The van der Waals surface area contributed by atoms with Gasteiger partial charge in [-0.2, -0.15) is 4.31 Å². The smallest absolute Gasteiger partial charge is 0.408 e. The van der Waals surface area contributed by atoms with Crippen LogP contribution in [0.2, 0.25) is 0 Å². The number of rotatable bonds is 22. The first-order chi connectivity index (χ1) is 25.0. The molecule has 6 N–H and O–H groups in total. The molecule has 0 fully saturated rings. The van der Waals surface area contributed by atoms with Gasteiger partial charge in [-0.25, -0.2) is 18.0 Å². The number of amides is 5. The van der Waals surface area contributed by atoms with Gasteiger partial charge >= 0.3 is 12.2 Å². The van der Waals surface area contributed by atoms with Crippen molar-refractivity contribution < 1.29 is 46.8 Å². The molecule has 0 saturated heterocycles. The second-order valence-electron chi connectivity index (χ2n) is 12.9. The predicted octanol–water partition coefficient (Wildman–Crippen LogP) is 2.46. The lowest BCUT2D eigenvalue weighted by molar-refractivity contribution is -0.384. The normalized spacial score (nSPS) is 11.9. The molecule has 0 aliphatic heterocycles. The van der Waals surface area contributed by atoms with Crippen molar-refractivity contribution in [3.8, 4) is 0 Å². The van der Waals surface area contributed by atoms with Crippen LogP contribution in [0, 0.1) is 10.1 Å². The molecule has 0 bridgehead atoms. The summed E-state index contributed by atoms with van der Waals surface area (Å²) in [5.41, 5.74) is 4.93. The number of benzene rings is 2. The lowest BCUT2D eigenvalue weighted by Gasteiger charge is -2.22. The van der Waals surface area contributed by atoms with E-state index in [2.05, 4.69) is 21.3 Å². The third kappa shape index (κ3) is 17.7. The first kappa shape index (κ1) is 43.9. The van der Waals surface area contributed by atoms with Crippen LogP contribution in [0.4, 0.5) is 15.3 Å². The van der Waals surface area contributed by atoms with Gasteiger partial charge < -0.3 is 36.5 Å². The molecule has 0 unspecified atom stereocenters. The maximum Gasteiger partial charge on any atom is 0.408 e. The van der Waals surface area contributed by atoms with Gasteiger partial charge in [0.15, 0.2) is 0 Å². The van der Waals surface area contributed by atoms with E-state index in [-0.39, 0.29) is 49.8 Å². The first-order valence-corrected chi connectivity index (χ1v) is 18.4. The molecule has 53 heavy (non-hydrogen) atoms. The summed E-state index contributed by atoms with van der Waals surface area (Å²) in [5.74, 6) is -1.98. The third-order valence-corrected chi connectivity index (χ3v) is 9.07. The second kappa shape index (κ2) is 21.9. The van der Waals surface area contributed by atoms with E-state index in [4.69, 9.17) is 15.2 Å². The Hall–Kier alpha value is -5.30. The largest absolute Gasteiger partial charge is 0.445 e. The topological polar surface area (TPSA) is 258 Å². The van der Waals surface area contributed by atoms with Crippen molar-refractivity contribution in [1.29, 1.82) is 0 Å². The molecular weight excluding hydrogens is 714 g/mol. The second-order valence-corrected chi connectivity index (χ2v) is 14.8. The van der Waals surface area contributed by atoms with Crippen LogP contribution in [-0.4, -0.2) is 91.9 Å². The monoisotopic (exact) mass is 763 g/mol. The Morgan fingerprint density at radius 1 is 0.849 bits per heavy atom.